The fraction of sp³-hybridized carbons (Fsp3) is 0.381. The lowest BCUT2D eigenvalue weighted by atomic mass is 10.2. The van der Waals surface area contributed by atoms with Crippen molar-refractivity contribution < 1.29 is 14.3 Å². The molecule has 0 aliphatic carbocycles. The molecule has 25 heavy (non-hydrogen) atoms. The summed E-state index contributed by atoms with van der Waals surface area (Å²) in [7, 11) is 0. The van der Waals surface area contributed by atoms with Gasteiger partial charge in [-0.25, -0.2) is 0 Å². The molecule has 4 heteroatoms. The molecular weight excluding hydrogens is 314 g/mol. The van der Waals surface area contributed by atoms with Gasteiger partial charge in [-0.3, -0.25) is 4.79 Å². The molecule has 0 aliphatic rings. The van der Waals surface area contributed by atoms with Crippen LogP contribution in [0.4, 0.5) is 5.69 Å². The number of hydrogen-bond acceptors (Lipinski definition) is 3. The SMILES string of the molecule is CCCCOc1ccccc1NC(=O)C(CC)Oc1ccc(C)cc1. The minimum Gasteiger partial charge on any atom is -0.491 e. The van der Waals surface area contributed by atoms with E-state index in [2.05, 4.69) is 12.2 Å². The summed E-state index contributed by atoms with van der Waals surface area (Å²) in [5.74, 6) is 1.21. The van der Waals surface area contributed by atoms with Crippen LogP contribution in [-0.4, -0.2) is 18.6 Å². The molecule has 0 saturated carbocycles. The number of amides is 1. The normalized spacial score (nSPS) is 11.6. The van der Waals surface area contributed by atoms with E-state index in [9.17, 15) is 4.79 Å². The van der Waals surface area contributed by atoms with E-state index in [0.717, 1.165) is 18.4 Å². The molecule has 2 rings (SSSR count). The third kappa shape index (κ3) is 5.82. The topological polar surface area (TPSA) is 47.6 Å². The van der Waals surface area contributed by atoms with E-state index >= 15 is 0 Å². The molecule has 0 aromatic heterocycles. The highest BCUT2D eigenvalue weighted by molar-refractivity contribution is 5.95. The van der Waals surface area contributed by atoms with Crippen LogP contribution in [0.2, 0.25) is 0 Å². The van der Waals surface area contributed by atoms with Gasteiger partial charge in [0, 0.05) is 0 Å². The van der Waals surface area contributed by atoms with E-state index in [4.69, 9.17) is 9.47 Å². The number of nitrogens with one attached hydrogen (secondary N) is 1. The fourth-order valence-corrected chi connectivity index (χ4v) is 2.34. The second kappa shape index (κ2) is 9.72. The van der Waals surface area contributed by atoms with Crippen LogP contribution in [0.3, 0.4) is 0 Å². The van der Waals surface area contributed by atoms with Crippen LogP contribution in [0.1, 0.15) is 38.7 Å². The van der Waals surface area contributed by atoms with E-state index in [1.165, 1.54) is 0 Å². The summed E-state index contributed by atoms with van der Waals surface area (Å²) >= 11 is 0. The minimum atomic E-state index is -0.550. The van der Waals surface area contributed by atoms with Crippen LogP contribution < -0.4 is 14.8 Å². The van der Waals surface area contributed by atoms with Crippen molar-refractivity contribution in [3.8, 4) is 11.5 Å². The summed E-state index contributed by atoms with van der Waals surface area (Å²) in [5, 5.41) is 2.93. The van der Waals surface area contributed by atoms with Crippen LogP contribution in [0.15, 0.2) is 48.5 Å². The van der Waals surface area contributed by atoms with Gasteiger partial charge in [0.1, 0.15) is 11.5 Å². The summed E-state index contributed by atoms with van der Waals surface area (Å²) < 4.78 is 11.6. The van der Waals surface area contributed by atoms with E-state index < -0.39 is 6.10 Å². The second-order valence-electron chi connectivity index (χ2n) is 6.02. The van der Waals surface area contributed by atoms with Gasteiger partial charge in [0.05, 0.1) is 12.3 Å². The smallest absolute Gasteiger partial charge is 0.265 e. The third-order valence-corrected chi connectivity index (χ3v) is 3.86. The quantitative estimate of drug-likeness (QED) is 0.655. The summed E-state index contributed by atoms with van der Waals surface area (Å²) in [4.78, 5) is 12.6. The molecule has 0 bridgehead atoms. The number of para-hydroxylation sites is 2. The van der Waals surface area contributed by atoms with Gasteiger partial charge in [0.25, 0.3) is 5.91 Å². The Labute approximate surface area is 150 Å². The largest absolute Gasteiger partial charge is 0.491 e. The number of hydrogen-bond donors (Lipinski definition) is 1. The molecule has 0 fully saturated rings. The number of rotatable bonds is 9. The van der Waals surface area contributed by atoms with Gasteiger partial charge < -0.3 is 14.8 Å². The van der Waals surface area contributed by atoms with Crippen LogP contribution >= 0.6 is 0 Å². The number of anilines is 1. The molecule has 1 amide bonds. The Balaban J connectivity index is 2.02. The Hall–Kier alpha value is -2.49. The van der Waals surface area contributed by atoms with Crippen LogP contribution in [0, 0.1) is 6.92 Å². The maximum Gasteiger partial charge on any atom is 0.265 e. The highest BCUT2D eigenvalue weighted by atomic mass is 16.5. The minimum absolute atomic E-state index is 0.172. The molecule has 134 valence electrons. The molecule has 0 aliphatic heterocycles. The molecule has 2 aromatic rings. The van der Waals surface area contributed by atoms with Gasteiger partial charge in [-0.05, 0) is 44.0 Å². The number of unbranched alkanes of at least 4 members (excludes halogenated alkanes) is 1. The highest BCUT2D eigenvalue weighted by Gasteiger charge is 2.19. The first-order valence-electron chi connectivity index (χ1n) is 8.90. The van der Waals surface area contributed by atoms with Gasteiger partial charge in [-0.1, -0.05) is 50.1 Å². The molecule has 0 heterocycles. The van der Waals surface area contributed by atoms with Gasteiger partial charge >= 0.3 is 0 Å². The zero-order chi connectivity index (χ0) is 18.1. The number of carbonyl (C=O) groups excluding carboxylic acids is 1. The average Bonchev–Trinajstić information content (AvgIpc) is 2.62. The maximum absolute atomic E-state index is 12.6. The fourth-order valence-electron chi connectivity index (χ4n) is 2.34. The Kier molecular flexibility index (Phi) is 7.33. The first-order valence-corrected chi connectivity index (χ1v) is 8.90. The van der Waals surface area contributed by atoms with E-state index in [0.29, 0.717) is 30.2 Å². The van der Waals surface area contributed by atoms with Crippen molar-refractivity contribution in [3.05, 3.63) is 54.1 Å². The number of carbonyl (C=O) groups is 1. The molecule has 0 radical (unpaired) electrons. The van der Waals surface area contributed by atoms with E-state index in [1.807, 2.05) is 62.4 Å². The lowest BCUT2D eigenvalue weighted by Gasteiger charge is -2.19. The lowest BCUT2D eigenvalue weighted by molar-refractivity contribution is -0.122. The van der Waals surface area contributed by atoms with Gasteiger partial charge in [0.15, 0.2) is 6.10 Å². The van der Waals surface area contributed by atoms with Crippen LogP contribution in [0.5, 0.6) is 11.5 Å². The number of aryl methyl sites for hydroxylation is 1. The number of ether oxygens (including phenoxy) is 2. The predicted octanol–water partition coefficient (Wildman–Crippen LogP) is 4.97. The predicted molar refractivity (Wildman–Crippen MR) is 101 cm³/mol. The summed E-state index contributed by atoms with van der Waals surface area (Å²) in [6.45, 7) is 6.71. The van der Waals surface area contributed by atoms with Gasteiger partial charge in [-0.2, -0.15) is 0 Å². The highest BCUT2D eigenvalue weighted by Crippen LogP contribution is 2.25. The molecule has 1 N–H and O–H groups in total. The summed E-state index contributed by atoms with van der Waals surface area (Å²) in [5.41, 5.74) is 1.83. The van der Waals surface area contributed by atoms with E-state index in [1.54, 1.807) is 0 Å². The van der Waals surface area contributed by atoms with Crippen LogP contribution in [-0.2, 0) is 4.79 Å². The molecule has 0 saturated heterocycles. The molecular formula is C21H27NO3. The number of benzene rings is 2. The Bertz CT molecular complexity index is 667. The molecule has 2 aromatic carbocycles. The first kappa shape index (κ1) is 18.8. The van der Waals surface area contributed by atoms with Crippen molar-refractivity contribution in [3.63, 3.8) is 0 Å². The Morgan fingerprint density at radius 3 is 2.48 bits per heavy atom. The van der Waals surface area contributed by atoms with Crippen molar-refractivity contribution in [1.29, 1.82) is 0 Å². The van der Waals surface area contributed by atoms with Crippen molar-refractivity contribution in [2.45, 2.75) is 46.1 Å². The van der Waals surface area contributed by atoms with Gasteiger partial charge in [-0.15, -0.1) is 0 Å². The second-order valence-corrected chi connectivity index (χ2v) is 6.02. The van der Waals surface area contributed by atoms with Crippen LogP contribution in [0.25, 0.3) is 0 Å². The standard InChI is InChI=1S/C21H27NO3/c1-4-6-15-24-20-10-8-7-9-18(20)22-21(23)19(5-2)25-17-13-11-16(3)12-14-17/h7-14,19H,4-6,15H2,1-3H3,(H,22,23). The van der Waals surface area contributed by atoms with Crippen molar-refractivity contribution in [2.75, 3.05) is 11.9 Å². The summed E-state index contributed by atoms with van der Waals surface area (Å²) in [6.07, 6.45) is 2.08. The lowest BCUT2D eigenvalue weighted by Crippen LogP contribution is -2.32. The summed E-state index contributed by atoms with van der Waals surface area (Å²) in [6, 6.07) is 15.2. The monoisotopic (exact) mass is 341 g/mol. The van der Waals surface area contributed by atoms with Crippen molar-refractivity contribution >= 4 is 11.6 Å². The Morgan fingerprint density at radius 2 is 1.80 bits per heavy atom. The molecule has 0 spiro atoms. The molecule has 4 nitrogen and oxygen atoms in total. The zero-order valence-electron chi connectivity index (χ0n) is 15.2. The average molecular weight is 341 g/mol. The molecule has 1 atom stereocenters. The Morgan fingerprint density at radius 1 is 1.08 bits per heavy atom. The first-order chi connectivity index (χ1) is 12.1. The van der Waals surface area contributed by atoms with Crippen molar-refractivity contribution in [1.82, 2.24) is 0 Å². The van der Waals surface area contributed by atoms with Crippen molar-refractivity contribution in [2.24, 2.45) is 0 Å². The molecule has 1 unspecified atom stereocenters. The van der Waals surface area contributed by atoms with E-state index in [-0.39, 0.29) is 5.91 Å². The zero-order valence-corrected chi connectivity index (χ0v) is 15.2. The van der Waals surface area contributed by atoms with Gasteiger partial charge in [0.2, 0.25) is 0 Å². The maximum atomic E-state index is 12.6. The third-order valence-electron chi connectivity index (χ3n) is 3.86.